The smallest absolute Gasteiger partial charge is 0.241 e. The molecule has 2 saturated heterocycles. The van der Waals surface area contributed by atoms with Crippen LogP contribution in [0.15, 0.2) is 42.5 Å². The van der Waals surface area contributed by atoms with Crippen molar-refractivity contribution < 1.29 is 9.13 Å². The first-order chi connectivity index (χ1) is 21.8. The van der Waals surface area contributed by atoms with Gasteiger partial charge >= 0.3 is 0 Å². The molecule has 2 atom stereocenters. The SMILES string of the molecule is CCC1(CC)CN(c2nc(NN)nc3c2nc(C)n3C[C@@H]2CCCO2)C(C)CN1c1cc(F)ccc1Cc1ccc(C#N)cc1. The van der Waals surface area contributed by atoms with Crippen molar-refractivity contribution in [2.75, 3.05) is 34.9 Å². The number of nitrogen functional groups attached to an aromatic ring is 1. The van der Waals surface area contributed by atoms with E-state index in [1.165, 1.54) is 6.07 Å². The largest absolute Gasteiger partial charge is 0.376 e. The van der Waals surface area contributed by atoms with E-state index in [1.54, 1.807) is 6.07 Å². The molecule has 2 aromatic heterocycles. The second-order valence-corrected chi connectivity index (χ2v) is 12.4. The lowest BCUT2D eigenvalue weighted by Gasteiger charge is -2.55. The number of nitrogens with one attached hydrogen (secondary N) is 1. The van der Waals surface area contributed by atoms with Gasteiger partial charge in [0.25, 0.3) is 0 Å². The molecule has 2 aliphatic rings. The molecule has 2 aliphatic heterocycles. The summed E-state index contributed by atoms with van der Waals surface area (Å²) in [5, 5.41) is 9.23. The van der Waals surface area contributed by atoms with Crippen molar-refractivity contribution in [2.24, 2.45) is 5.84 Å². The van der Waals surface area contributed by atoms with Gasteiger partial charge in [0.2, 0.25) is 5.95 Å². The lowest BCUT2D eigenvalue weighted by molar-refractivity contribution is 0.0973. The lowest BCUT2D eigenvalue weighted by Crippen LogP contribution is -2.65. The number of aryl methyl sites for hydroxylation is 1. The molecule has 2 aromatic carbocycles. The van der Waals surface area contributed by atoms with Crippen LogP contribution in [0.2, 0.25) is 0 Å². The third kappa shape index (κ3) is 5.80. The fraction of sp³-hybridized carbons (Fsp3) is 0.471. The predicted octanol–water partition coefficient (Wildman–Crippen LogP) is 5.47. The van der Waals surface area contributed by atoms with Crippen LogP contribution in [0.25, 0.3) is 11.2 Å². The van der Waals surface area contributed by atoms with E-state index in [9.17, 15) is 9.65 Å². The maximum Gasteiger partial charge on any atom is 0.241 e. The van der Waals surface area contributed by atoms with Crippen LogP contribution in [0.5, 0.6) is 0 Å². The maximum atomic E-state index is 15.0. The molecule has 0 saturated carbocycles. The van der Waals surface area contributed by atoms with Gasteiger partial charge in [0.1, 0.15) is 11.6 Å². The van der Waals surface area contributed by atoms with Gasteiger partial charge in [-0.05, 0) is 81.3 Å². The average Bonchev–Trinajstić information content (AvgIpc) is 3.69. The molecule has 6 rings (SSSR count). The molecule has 0 spiro atoms. The van der Waals surface area contributed by atoms with Crippen LogP contribution in [0.1, 0.15) is 69.0 Å². The summed E-state index contributed by atoms with van der Waals surface area (Å²) in [5.74, 6) is 7.60. The highest BCUT2D eigenvalue weighted by molar-refractivity contribution is 5.86. The molecule has 4 aromatic rings. The number of hydrogen-bond donors (Lipinski definition) is 2. The number of piperazine rings is 1. The van der Waals surface area contributed by atoms with E-state index in [-0.39, 0.29) is 23.5 Å². The Morgan fingerprint density at radius 3 is 2.58 bits per heavy atom. The predicted molar refractivity (Wildman–Crippen MR) is 175 cm³/mol. The Balaban J connectivity index is 1.39. The zero-order valence-corrected chi connectivity index (χ0v) is 26.6. The Morgan fingerprint density at radius 2 is 1.91 bits per heavy atom. The Morgan fingerprint density at radius 1 is 1.13 bits per heavy atom. The van der Waals surface area contributed by atoms with Crippen molar-refractivity contribution >= 4 is 28.6 Å². The normalized spacial score (nSPS) is 19.7. The van der Waals surface area contributed by atoms with Gasteiger partial charge in [-0.15, -0.1) is 0 Å². The van der Waals surface area contributed by atoms with E-state index >= 15 is 0 Å². The highest BCUT2D eigenvalue weighted by Crippen LogP contribution is 2.41. The summed E-state index contributed by atoms with van der Waals surface area (Å²) in [6.07, 6.45) is 4.54. The van der Waals surface area contributed by atoms with Crippen molar-refractivity contribution in [3.05, 3.63) is 70.8 Å². The summed E-state index contributed by atoms with van der Waals surface area (Å²) < 4.78 is 23.0. The second-order valence-electron chi connectivity index (χ2n) is 12.4. The highest BCUT2D eigenvalue weighted by atomic mass is 19.1. The van der Waals surface area contributed by atoms with E-state index < -0.39 is 0 Å². The van der Waals surface area contributed by atoms with Crippen molar-refractivity contribution in [3.63, 3.8) is 0 Å². The summed E-state index contributed by atoms with van der Waals surface area (Å²) in [5.41, 5.74) is 7.52. The first-order valence-electron chi connectivity index (χ1n) is 15.9. The van der Waals surface area contributed by atoms with Gasteiger partial charge in [0.05, 0.1) is 29.8 Å². The van der Waals surface area contributed by atoms with Gasteiger partial charge in [0, 0.05) is 31.4 Å². The molecule has 10 nitrogen and oxygen atoms in total. The van der Waals surface area contributed by atoms with Gasteiger partial charge < -0.3 is 19.1 Å². The van der Waals surface area contributed by atoms with Crippen LogP contribution in [0.3, 0.4) is 0 Å². The van der Waals surface area contributed by atoms with Crippen LogP contribution < -0.4 is 21.1 Å². The monoisotopic (exact) mass is 611 g/mol. The number of fused-ring (bicyclic) bond motifs is 1. The second kappa shape index (κ2) is 12.6. The number of benzene rings is 2. The van der Waals surface area contributed by atoms with Gasteiger partial charge in [-0.1, -0.05) is 32.0 Å². The van der Waals surface area contributed by atoms with E-state index in [4.69, 9.17) is 25.5 Å². The Labute approximate surface area is 264 Å². The first-order valence-corrected chi connectivity index (χ1v) is 15.9. The fourth-order valence-electron chi connectivity index (χ4n) is 7.03. The number of hydrogen-bond acceptors (Lipinski definition) is 9. The Kier molecular flexibility index (Phi) is 8.62. The van der Waals surface area contributed by atoms with Crippen LogP contribution >= 0.6 is 0 Å². The van der Waals surface area contributed by atoms with Crippen LogP contribution in [-0.2, 0) is 17.7 Å². The minimum Gasteiger partial charge on any atom is -0.376 e. The molecule has 0 bridgehead atoms. The molecule has 0 aliphatic carbocycles. The molecular formula is C34H42FN9O. The number of halogens is 1. The number of hydrazine groups is 1. The van der Waals surface area contributed by atoms with Crippen LogP contribution in [0.4, 0.5) is 21.8 Å². The first kappa shape index (κ1) is 30.7. The van der Waals surface area contributed by atoms with E-state index in [0.717, 1.165) is 71.9 Å². The summed E-state index contributed by atoms with van der Waals surface area (Å²) in [4.78, 5) is 19.4. The number of ether oxygens (including phenoxy) is 1. The molecule has 0 amide bonds. The van der Waals surface area contributed by atoms with Gasteiger partial charge in [-0.2, -0.15) is 15.2 Å². The zero-order valence-electron chi connectivity index (χ0n) is 26.6. The third-order valence-corrected chi connectivity index (χ3v) is 9.73. The van der Waals surface area contributed by atoms with Crippen LogP contribution in [0, 0.1) is 24.1 Å². The van der Waals surface area contributed by atoms with Crippen molar-refractivity contribution in [1.29, 1.82) is 5.26 Å². The molecule has 2 fully saturated rings. The lowest BCUT2D eigenvalue weighted by atomic mass is 9.84. The molecule has 0 radical (unpaired) electrons. The average molecular weight is 612 g/mol. The number of imidazole rings is 1. The topological polar surface area (TPSA) is 121 Å². The number of nitrogens with zero attached hydrogens (tertiary/aromatic N) is 7. The van der Waals surface area contributed by atoms with Crippen molar-refractivity contribution in [2.45, 2.75) is 84.0 Å². The van der Waals surface area contributed by atoms with Gasteiger partial charge in [0.15, 0.2) is 17.0 Å². The molecule has 11 heteroatoms. The molecule has 4 heterocycles. The van der Waals surface area contributed by atoms with Crippen molar-refractivity contribution in [1.82, 2.24) is 19.5 Å². The quantitative estimate of drug-likeness (QED) is 0.187. The van der Waals surface area contributed by atoms with Crippen LogP contribution in [-0.4, -0.2) is 56.9 Å². The fourth-order valence-corrected chi connectivity index (χ4v) is 7.03. The van der Waals surface area contributed by atoms with E-state index in [1.807, 2.05) is 37.3 Å². The van der Waals surface area contributed by atoms with E-state index in [0.29, 0.717) is 37.6 Å². The summed E-state index contributed by atoms with van der Waals surface area (Å²) in [6.45, 7) is 11.4. The number of rotatable bonds is 9. The summed E-state index contributed by atoms with van der Waals surface area (Å²) >= 11 is 0. The molecule has 236 valence electrons. The summed E-state index contributed by atoms with van der Waals surface area (Å²) in [6, 6.07) is 14.9. The van der Waals surface area contributed by atoms with Crippen molar-refractivity contribution in [3.8, 4) is 6.07 Å². The number of anilines is 3. The maximum absolute atomic E-state index is 15.0. The highest BCUT2D eigenvalue weighted by Gasteiger charge is 2.44. The summed E-state index contributed by atoms with van der Waals surface area (Å²) in [7, 11) is 0. The Hall–Kier alpha value is -4.27. The number of nitrogens with two attached hydrogens (primary N) is 1. The molecule has 1 unspecified atom stereocenters. The molecule has 45 heavy (non-hydrogen) atoms. The minimum absolute atomic E-state index is 0.0228. The molecular weight excluding hydrogens is 569 g/mol. The third-order valence-electron chi connectivity index (χ3n) is 9.73. The standard InChI is InChI=1S/C34H42FN9O/c1-5-34(6-2)21-43(32-30-31(39-33(40-32)41-37)42(23(4)38-30)20-28-8-7-15-45-28)22(3)19-44(34)29-17-27(35)14-13-26(29)16-24-9-11-25(18-36)12-10-24/h9-14,17,22,28H,5-8,15-16,19-21,37H2,1-4H3,(H,39,40,41)/t22?,28-/m0/s1. The minimum atomic E-state index is -0.303. The van der Waals surface area contributed by atoms with Gasteiger partial charge in [-0.25, -0.2) is 15.2 Å². The molecule has 3 N–H and O–H groups in total. The van der Waals surface area contributed by atoms with E-state index in [2.05, 4.69) is 46.6 Å². The van der Waals surface area contributed by atoms with Gasteiger partial charge in [-0.3, -0.25) is 5.43 Å². The zero-order chi connectivity index (χ0) is 31.7. The Bertz CT molecular complexity index is 1700. The number of aromatic nitrogens is 4. The number of nitriles is 1.